The van der Waals surface area contributed by atoms with Crippen LogP contribution >= 0.6 is 11.8 Å². The van der Waals surface area contributed by atoms with Crippen molar-refractivity contribution in [2.24, 2.45) is 11.3 Å². The van der Waals surface area contributed by atoms with Crippen LogP contribution in [-0.2, 0) is 0 Å². The van der Waals surface area contributed by atoms with Crippen LogP contribution in [-0.4, -0.2) is 24.6 Å². The molecule has 1 N–H and O–H groups in total. The Hall–Kier alpha value is 0.310. The van der Waals surface area contributed by atoms with Crippen LogP contribution in [0.25, 0.3) is 0 Å². The van der Waals surface area contributed by atoms with Gasteiger partial charge in [0.1, 0.15) is 0 Å². The van der Waals surface area contributed by atoms with E-state index in [1.165, 1.54) is 12.2 Å². The van der Waals surface area contributed by atoms with Crippen LogP contribution in [0, 0.1) is 11.3 Å². The zero-order chi connectivity index (χ0) is 11.2. The van der Waals surface area contributed by atoms with Crippen molar-refractivity contribution < 1.29 is 0 Å². The molecule has 0 spiro atoms. The fraction of sp³-hybridized carbons (Fsp3) is 1.00. The van der Waals surface area contributed by atoms with Gasteiger partial charge in [0.05, 0.1) is 0 Å². The second kappa shape index (κ2) is 6.73. The molecule has 1 nitrogen and oxygen atoms in total. The van der Waals surface area contributed by atoms with E-state index < -0.39 is 0 Å². The first kappa shape index (κ1) is 14.3. The van der Waals surface area contributed by atoms with Crippen molar-refractivity contribution in [3.63, 3.8) is 0 Å². The third-order valence-corrected chi connectivity index (χ3v) is 3.80. The Bertz CT molecular complexity index is 145. The first-order valence-corrected chi connectivity index (χ1v) is 7.04. The van der Waals surface area contributed by atoms with Gasteiger partial charge in [0.2, 0.25) is 0 Å². The van der Waals surface area contributed by atoms with Gasteiger partial charge in [-0.15, -0.1) is 0 Å². The summed E-state index contributed by atoms with van der Waals surface area (Å²) in [5.74, 6) is 2.02. The summed E-state index contributed by atoms with van der Waals surface area (Å²) >= 11 is 1.95. The van der Waals surface area contributed by atoms with Crippen LogP contribution in [0.5, 0.6) is 0 Å². The zero-order valence-corrected chi connectivity index (χ0v) is 11.5. The van der Waals surface area contributed by atoms with E-state index >= 15 is 0 Å². The van der Waals surface area contributed by atoms with Crippen LogP contribution < -0.4 is 5.32 Å². The normalized spacial score (nSPS) is 16.3. The van der Waals surface area contributed by atoms with Gasteiger partial charge in [-0.25, -0.2) is 0 Å². The number of thioether (sulfide) groups is 1. The number of hydrogen-bond donors (Lipinski definition) is 1. The molecular formula is C12H27NS. The van der Waals surface area contributed by atoms with Crippen molar-refractivity contribution >= 4 is 11.8 Å². The van der Waals surface area contributed by atoms with Gasteiger partial charge in [-0.05, 0) is 29.8 Å². The Kier molecular flexibility index (Phi) is 6.88. The highest BCUT2D eigenvalue weighted by Crippen LogP contribution is 2.31. The molecule has 0 aromatic rings. The number of rotatable bonds is 7. The molecule has 0 aromatic heterocycles. The highest BCUT2D eigenvalue weighted by Gasteiger charge is 2.27. The summed E-state index contributed by atoms with van der Waals surface area (Å²) in [5, 5.41) is 3.57. The maximum Gasteiger partial charge on any atom is 0.00106 e. The first-order chi connectivity index (χ1) is 6.42. The molecule has 0 heterocycles. The maximum absolute atomic E-state index is 3.57. The molecule has 0 aliphatic rings. The van der Waals surface area contributed by atoms with Crippen LogP contribution in [0.2, 0.25) is 0 Å². The van der Waals surface area contributed by atoms with E-state index in [1.807, 2.05) is 11.8 Å². The van der Waals surface area contributed by atoms with E-state index in [2.05, 4.69) is 46.2 Å². The van der Waals surface area contributed by atoms with Crippen molar-refractivity contribution in [1.82, 2.24) is 5.32 Å². The van der Waals surface area contributed by atoms with Crippen molar-refractivity contribution in [3.8, 4) is 0 Å². The number of nitrogens with one attached hydrogen (secondary N) is 1. The Morgan fingerprint density at radius 2 is 1.79 bits per heavy atom. The van der Waals surface area contributed by atoms with Crippen molar-refractivity contribution in [2.75, 3.05) is 18.6 Å². The summed E-state index contributed by atoms with van der Waals surface area (Å²) in [4.78, 5) is 0. The van der Waals surface area contributed by atoms with E-state index in [1.54, 1.807) is 0 Å². The summed E-state index contributed by atoms with van der Waals surface area (Å²) in [6, 6.07) is 0.599. The predicted molar refractivity (Wildman–Crippen MR) is 69.1 cm³/mol. The summed E-state index contributed by atoms with van der Waals surface area (Å²) in [5.41, 5.74) is 0.452. The minimum absolute atomic E-state index is 0.452. The van der Waals surface area contributed by atoms with Crippen LogP contribution in [0.4, 0.5) is 0 Å². The second-order valence-corrected chi connectivity index (χ2v) is 6.07. The average molecular weight is 217 g/mol. The summed E-state index contributed by atoms with van der Waals surface area (Å²) in [7, 11) is 0. The van der Waals surface area contributed by atoms with Gasteiger partial charge in [-0.3, -0.25) is 0 Å². The topological polar surface area (TPSA) is 12.0 Å². The standard InChI is InChI=1S/C12H27NS/c1-10(2)12(5,7-8-14-6)9-13-11(3)4/h10-11,13H,7-9H2,1-6H3. The second-order valence-electron chi connectivity index (χ2n) is 5.09. The van der Waals surface area contributed by atoms with Crippen LogP contribution in [0.3, 0.4) is 0 Å². The fourth-order valence-corrected chi connectivity index (χ4v) is 2.02. The van der Waals surface area contributed by atoms with Crippen LogP contribution in [0.1, 0.15) is 41.0 Å². The molecular weight excluding hydrogens is 190 g/mol. The molecule has 86 valence electrons. The molecule has 0 saturated carbocycles. The van der Waals surface area contributed by atoms with E-state index in [-0.39, 0.29) is 0 Å². The van der Waals surface area contributed by atoms with Gasteiger partial charge in [-0.2, -0.15) is 11.8 Å². The molecule has 0 saturated heterocycles. The van der Waals surface area contributed by atoms with Crippen LogP contribution in [0.15, 0.2) is 0 Å². The quantitative estimate of drug-likeness (QED) is 0.701. The Labute approximate surface area is 94.4 Å². The molecule has 0 fully saturated rings. The predicted octanol–water partition coefficient (Wildman–Crippen LogP) is 3.40. The monoisotopic (exact) mass is 217 g/mol. The average Bonchev–Trinajstić information content (AvgIpc) is 2.11. The molecule has 0 bridgehead atoms. The van der Waals surface area contributed by atoms with E-state index in [4.69, 9.17) is 0 Å². The van der Waals surface area contributed by atoms with Gasteiger partial charge in [0, 0.05) is 12.6 Å². The lowest BCUT2D eigenvalue weighted by Gasteiger charge is -2.35. The smallest absolute Gasteiger partial charge is 0.00106 e. The molecule has 0 aromatic carbocycles. The van der Waals surface area contributed by atoms with Crippen molar-refractivity contribution in [2.45, 2.75) is 47.1 Å². The molecule has 1 unspecified atom stereocenters. The molecule has 0 radical (unpaired) electrons. The first-order valence-electron chi connectivity index (χ1n) is 5.64. The molecule has 0 amide bonds. The van der Waals surface area contributed by atoms with E-state index in [0.29, 0.717) is 11.5 Å². The van der Waals surface area contributed by atoms with Gasteiger partial charge in [0.25, 0.3) is 0 Å². The third kappa shape index (κ3) is 5.26. The van der Waals surface area contributed by atoms with Crippen molar-refractivity contribution in [3.05, 3.63) is 0 Å². The number of hydrogen-bond acceptors (Lipinski definition) is 2. The summed E-state index contributed by atoms with van der Waals surface area (Å²) < 4.78 is 0. The van der Waals surface area contributed by atoms with E-state index in [9.17, 15) is 0 Å². The minimum atomic E-state index is 0.452. The Morgan fingerprint density at radius 1 is 1.21 bits per heavy atom. The molecule has 0 aliphatic heterocycles. The molecule has 2 heteroatoms. The lowest BCUT2D eigenvalue weighted by molar-refractivity contribution is 0.197. The van der Waals surface area contributed by atoms with Gasteiger partial charge in [0.15, 0.2) is 0 Å². The molecule has 0 aliphatic carbocycles. The largest absolute Gasteiger partial charge is 0.314 e. The Morgan fingerprint density at radius 3 is 2.14 bits per heavy atom. The highest BCUT2D eigenvalue weighted by molar-refractivity contribution is 7.98. The van der Waals surface area contributed by atoms with Gasteiger partial charge >= 0.3 is 0 Å². The SMILES string of the molecule is CSCCC(C)(CNC(C)C)C(C)C. The van der Waals surface area contributed by atoms with Gasteiger partial charge in [-0.1, -0.05) is 34.6 Å². The Balaban J connectivity index is 4.10. The van der Waals surface area contributed by atoms with E-state index in [0.717, 1.165) is 12.5 Å². The lowest BCUT2D eigenvalue weighted by Crippen LogP contribution is -2.39. The zero-order valence-electron chi connectivity index (χ0n) is 10.7. The molecule has 0 rings (SSSR count). The maximum atomic E-state index is 3.57. The summed E-state index contributed by atoms with van der Waals surface area (Å²) in [6.45, 7) is 12.7. The summed E-state index contributed by atoms with van der Waals surface area (Å²) in [6.07, 6.45) is 3.50. The lowest BCUT2D eigenvalue weighted by atomic mass is 9.76. The third-order valence-electron chi connectivity index (χ3n) is 3.19. The minimum Gasteiger partial charge on any atom is -0.314 e. The molecule has 14 heavy (non-hydrogen) atoms. The highest BCUT2D eigenvalue weighted by atomic mass is 32.2. The van der Waals surface area contributed by atoms with Gasteiger partial charge < -0.3 is 5.32 Å². The fourth-order valence-electron chi connectivity index (χ4n) is 1.35. The molecule has 1 atom stereocenters. The van der Waals surface area contributed by atoms with Crippen molar-refractivity contribution in [1.29, 1.82) is 0 Å².